The molecule has 0 aromatic heterocycles. The van der Waals surface area contributed by atoms with E-state index in [1.165, 1.54) is 5.56 Å². The van der Waals surface area contributed by atoms with Crippen LogP contribution in [0.5, 0.6) is 5.75 Å². The van der Waals surface area contributed by atoms with E-state index in [0.29, 0.717) is 0 Å². The Kier molecular flexibility index (Phi) is 3.45. The zero-order valence-electron chi connectivity index (χ0n) is 17.1. The van der Waals surface area contributed by atoms with Crippen molar-refractivity contribution < 1.29 is 9.53 Å². The molecule has 3 aliphatic rings. The standard InChI is InChI=1S/C26H24N2O2/c1-25(2)20-13-7-8-14-21(20)28-23(24(29)27-17-10-4-3-5-11-17)19-16-26(25,28)30-22-15-9-6-12-18(19)22/h3-15,19,23H,16H2,1-2H3,(H,27,29)/t19-,23+,26+/m0/s1. The van der Waals surface area contributed by atoms with Crippen LogP contribution < -0.4 is 15.0 Å². The lowest BCUT2D eigenvalue weighted by Gasteiger charge is -2.45. The first kappa shape index (κ1) is 17.6. The van der Waals surface area contributed by atoms with Gasteiger partial charge in [0, 0.05) is 29.3 Å². The number of fused-ring (bicyclic) bond motifs is 5. The molecule has 1 saturated heterocycles. The number of hydrogen-bond acceptors (Lipinski definition) is 3. The van der Waals surface area contributed by atoms with Gasteiger partial charge in [0.2, 0.25) is 5.91 Å². The number of hydrogen-bond donors (Lipinski definition) is 1. The summed E-state index contributed by atoms with van der Waals surface area (Å²) in [4.78, 5) is 16.0. The highest BCUT2D eigenvalue weighted by atomic mass is 16.5. The van der Waals surface area contributed by atoms with Crippen LogP contribution in [0.4, 0.5) is 11.4 Å². The van der Waals surface area contributed by atoms with Crippen molar-refractivity contribution in [1.82, 2.24) is 0 Å². The van der Waals surface area contributed by atoms with Gasteiger partial charge in [-0.15, -0.1) is 0 Å². The van der Waals surface area contributed by atoms with E-state index in [-0.39, 0.29) is 23.3 Å². The molecule has 150 valence electrons. The Labute approximate surface area is 176 Å². The van der Waals surface area contributed by atoms with Gasteiger partial charge in [-0.1, -0.05) is 54.6 Å². The van der Waals surface area contributed by atoms with Crippen molar-refractivity contribution in [1.29, 1.82) is 0 Å². The highest BCUT2D eigenvalue weighted by Crippen LogP contribution is 2.64. The Morgan fingerprint density at radius 2 is 1.67 bits per heavy atom. The Morgan fingerprint density at radius 3 is 2.50 bits per heavy atom. The molecule has 30 heavy (non-hydrogen) atoms. The van der Waals surface area contributed by atoms with Gasteiger partial charge in [-0.25, -0.2) is 0 Å². The minimum absolute atomic E-state index is 0.0147. The van der Waals surface area contributed by atoms with E-state index in [1.54, 1.807) is 0 Å². The third kappa shape index (κ3) is 2.08. The van der Waals surface area contributed by atoms with E-state index >= 15 is 0 Å². The second-order valence-electron chi connectivity index (χ2n) is 9.05. The number of amides is 1. The predicted octanol–water partition coefficient (Wildman–Crippen LogP) is 5.07. The molecule has 4 heteroatoms. The van der Waals surface area contributed by atoms with Crippen LogP contribution in [0.25, 0.3) is 0 Å². The van der Waals surface area contributed by atoms with Crippen LogP contribution >= 0.6 is 0 Å². The predicted molar refractivity (Wildman–Crippen MR) is 118 cm³/mol. The fourth-order valence-electron chi connectivity index (χ4n) is 5.83. The van der Waals surface area contributed by atoms with Crippen LogP contribution in [0, 0.1) is 0 Å². The number of anilines is 2. The summed E-state index contributed by atoms with van der Waals surface area (Å²) in [6.45, 7) is 4.49. The molecule has 3 heterocycles. The maximum absolute atomic E-state index is 13.7. The lowest BCUT2D eigenvalue weighted by molar-refractivity contribution is -0.117. The van der Waals surface area contributed by atoms with Crippen molar-refractivity contribution in [2.45, 2.75) is 43.4 Å². The molecule has 1 amide bonds. The van der Waals surface area contributed by atoms with Crippen LogP contribution in [0.15, 0.2) is 78.9 Å². The van der Waals surface area contributed by atoms with Crippen molar-refractivity contribution in [3.63, 3.8) is 0 Å². The Hall–Kier alpha value is -3.27. The molecule has 1 N–H and O–H groups in total. The van der Waals surface area contributed by atoms with Crippen molar-refractivity contribution >= 4 is 17.3 Å². The molecular weight excluding hydrogens is 372 g/mol. The van der Waals surface area contributed by atoms with Gasteiger partial charge < -0.3 is 15.0 Å². The Morgan fingerprint density at radius 1 is 0.967 bits per heavy atom. The topological polar surface area (TPSA) is 41.6 Å². The first-order valence-corrected chi connectivity index (χ1v) is 10.6. The van der Waals surface area contributed by atoms with Gasteiger partial charge in [0.05, 0.1) is 5.41 Å². The molecule has 1 fully saturated rings. The van der Waals surface area contributed by atoms with Crippen LogP contribution in [-0.4, -0.2) is 17.7 Å². The first-order chi connectivity index (χ1) is 14.5. The third-order valence-electron chi connectivity index (χ3n) is 7.27. The summed E-state index contributed by atoms with van der Waals surface area (Å²) < 4.78 is 6.81. The van der Waals surface area contributed by atoms with E-state index in [9.17, 15) is 4.79 Å². The molecule has 0 saturated carbocycles. The lowest BCUT2D eigenvalue weighted by Crippen LogP contribution is -2.59. The van der Waals surface area contributed by atoms with E-state index in [0.717, 1.165) is 29.1 Å². The largest absolute Gasteiger partial charge is 0.467 e. The summed E-state index contributed by atoms with van der Waals surface area (Å²) in [5.41, 5.74) is 3.45. The Bertz CT molecular complexity index is 1160. The molecule has 3 aromatic rings. The maximum atomic E-state index is 13.7. The molecule has 2 bridgehead atoms. The summed E-state index contributed by atoms with van der Waals surface area (Å²) in [6, 6.07) is 26.0. The summed E-state index contributed by atoms with van der Waals surface area (Å²) in [6.07, 6.45) is 0.790. The van der Waals surface area contributed by atoms with Gasteiger partial charge in [0.1, 0.15) is 11.8 Å². The summed E-state index contributed by atoms with van der Waals surface area (Å²) >= 11 is 0. The van der Waals surface area contributed by atoms with Crippen LogP contribution in [0.3, 0.4) is 0 Å². The van der Waals surface area contributed by atoms with Crippen LogP contribution in [-0.2, 0) is 10.2 Å². The molecule has 6 rings (SSSR count). The molecule has 3 atom stereocenters. The lowest BCUT2D eigenvalue weighted by atomic mass is 9.73. The van der Waals surface area contributed by atoms with Crippen molar-refractivity contribution in [2.75, 3.05) is 10.2 Å². The fraction of sp³-hybridized carbons (Fsp3) is 0.269. The highest BCUT2D eigenvalue weighted by Gasteiger charge is 2.70. The van der Waals surface area contributed by atoms with Crippen LogP contribution in [0.1, 0.15) is 37.3 Å². The summed E-state index contributed by atoms with van der Waals surface area (Å²) in [5.74, 6) is 0.988. The monoisotopic (exact) mass is 396 g/mol. The van der Waals surface area contributed by atoms with E-state index in [2.05, 4.69) is 54.4 Å². The average Bonchev–Trinajstić information content (AvgIpc) is 3.14. The quantitative estimate of drug-likeness (QED) is 0.658. The molecule has 0 aliphatic carbocycles. The van der Waals surface area contributed by atoms with Crippen molar-refractivity contribution in [3.8, 4) is 5.75 Å². The van der Waals surface area contributed by atoms with Crippen molar-refractivity contribution in [2.24, 2.45) is 0 Å². The number of benzene rings is 3. The second-order valence-corrected chi connectivity index (χ2v) is 9.05. The normalized spacial score (nSPS) is 26.9. The summed E-state index contributed by atoms with van der Waals surface area (Å²) in [5, 5.41) is 3.16. The molecule has 3 aliphatic heterocycles. The van der Waals surface area contributed by atoms with Gasteiger partial charge in [-0.05, 0) is 43.7 Å². The van der Waals surface area contributed by atoms with Gasteiger partial charge in [-0.3, -0.25) is 4.79 Å². The number of carbonyl (C=O) groups is 1. The number of rotatable bonds is 2. The first-order valence-electron chi connectivity index (χ1n) is 10.6. The molecule has 0 unspecified atom stereocenters. The SMILES string of the molecule is CC1(C)c2ccccc2N2[C@@H](C(=O)Nc3ccccc3)[C@H]3C[C@]21Oc1ccccc13. The van der Waals surface area contributed by atoms with E-state index in [4.69, 9.17) is 4.74 Å². The highest BCUT2D eigenvalue weighted by molar-refractivity contribution is 5.99. The van der Waals surface area contributed by atoms with E-state index < -0.39 is 5.72 Å². The third-order valence-corrected chi connectivity index (χ3v) is 7.27. The minimum Gasteiger partial charge on any atom is -0.467 e. The molecule has 3 aromatic carbocycles. The smallest absolute Gasteiger partial charge is 0.247 e. The van der Waals surface area contributed by atoms with Gasteiger partial charge in [-0.2, -0.15) is 0 Å². The van der Waals surface area contributed by atoms with Gasteiger partial charge in [0.25, 0.3) is 0 Å². The fourth-order valence-corrected chi connectivity index (χ4v) is 5.83. The van der Waals surface area contributed by atoms with Gasteiger partial charge in [0.15, 0.2) is 5.72 Å². The van der Waals surface area contributed by atoms with Crippen LogP contribution in [0.2, 0.25) is 0 Å². The van der Waals surface area contributed by atoms with Gasteiger partial charge >= 0.3 is 0 Å². The maximum Gasteiger partial charge on any atom is 0.247 e. The molecule has 1 spiro atoms. The number of ether oxygens (including phenoxy) is 1. The number of nitrogens with zero attached hydrogens (tertiary/aromatic N) is 1. The number of para-hydroxylation sites is 3. The minimum atomic E-state index is -0.575. The molecule has 4 nitrogen and oxygen atoms in total. The zero-order chi connectivity index (χ0) is 20.5. The summed E-state index contributed by atoms with van der Waals surface area (Å²) in [7, 11) is 0. The number of nitrogens with one attached hydrogen (secondary N) is 1. The van der Waals surface area contributed by atoms with E-state index in [1.807, 2.05) is 48.5 Å². The van der Waals surface area contributed by atoms with Crippen molar-refractivity contribution in [3.05, 3.63) is 90.0 Å². The zero-order valence-corrected chi connectivity index (χ0v) is 17.1. The average molecular weight is 396 g/mol. The number of carbonyl (C=O) groups excluding carboxylic acids is 1. The molecular formula is C26H24N2O2. The Balaban J connectivity index is 1.53. The second kappa shape index (κ2) is 5.88. The molecule has 0 radical (unpaired) electrons.